The van der Waals surface area contributed by atoms with Gasteiger partial charge in [-0.05, 0) is 61.9 Å². The molecule has 0 saturated heterocycles. The number of rotatable bonds is 9. The quantitative estimate of drug-likeness (QED) is 0.747. The van der Waals surface area contributed by atoms with E-state index in [4.69, 9.17) is 9.47 Å². The largest absolute Gasteiger partial charge is 0.493 e. The van der Waals surface area contributed by atoms with Crippen molar-refractivity contribution in [2.24, 2.45) is 5.92 Å². The van der Waals surface area contributed by atoms with Gasteiger partial charge in [0.1, 0.15) is 0 Å². The summed E-state index contributed by atoms with van der Waals surface area (Å²) in [5.74, 6) is 2.36. The molecule has 0 aliphatic heterocycles. The summed E-state index contributed by atoms with van der Waals surface area (Å²) >= 11 is 0. The molecule has 1 N–H and O–H groups in total. The Morgan fingerprint density at radius 2 is 1.62 bits per heavy atom. The molecule has 0 radical (unpaired) electrons. The van der Waals surface area contributed by atoms with Crippen LogP contribution >= 0.6 is 0 Å². The Bertz CT molecular complexity index is 429. The normalized spacial score (nSPS) is 12.5. The van der Waals surface area contributed by atoms with Crippen molar-refractivity contribution < 1.29 is 9.47 Å². The fourth-order valence-electron chi connectivity index (χ4n) is 2.46. The summed E-state index contributed by atoms with van der Waals surface area (Å²) in [5, 5.41) is 3.48. The van der Waals surface area contributed by atoms with Crippen molar-refractivity contribution in [2.75, 3.05) is 20.8 Å². The predicted octanol–water partition coefficient (Wildman–Crippen LogP) is 3.97. The second-order valence-corrected chi connectivity index (χ2v) is 6.18. The molecule has 0 spiro atoms. The van der Waals surface area contributed by atoms with Gasteiger partial charge in [-0.15, -0.1) is 0 Å². The van der Waals surface area contributed by atoms with Gasteiger partial charge in [-0.1, -0.05) is 20.8 Å². The van der Waals surface area contributed by atoms with Crippen molar-refractivity contribution in [2.45, 2.75) is 53.0 Å². The maximum atomic E-state index is 5.39. The van der Waals surface area contributed by atoms with Crippen LogP contribution in [0.1, 0.15) is 44.7 Å². The average molecular weight is 293 g/mol. The van der Waals surface area contributed by atoms with Gasteiger partial charge in [0, 0.05) is 6.04 Å². The fourth-order valence-corrected chi connectivity index (χ4v) is 2.46. The Morgan fingerprint density at radius 3 is 2.19 bits per heavy atom. The molecular weight excluding hydrogens is 262 g/mol. The smallest absolute Gasteiger partial charge is 0.161 e. The lowest BCUT2D eigenvalue weighted by atomic mass is 9.95. The lowest BCUT2D eigenvalue weighted by Gasteiger charge is -2.16. The van der Waals surface area contributed by atoms with E-state index in [1.165, 1.54) is 24.0 Å². The third kappa shape index (κ3) is 5.96. The van der Waals surface area contributed by atoms with Crippen molar-refractivity contribution in [1.82, 2.24) is 5.32 Å². The summed E-state index contributed by atoms with van der Waals surface area (Å²) in [4.78, 5) is 0. The van der Waals surface area contributed by atoms with Crippen molar-refractivity contribution in [1.29, 1.82) is 0 Å². The Morgan fingerprint density at radius 1 is 1.00 bits per heavy atom. The Balaban J connectivity index is 2.54. The van der Waals surface area contributed by atoms with Crippen molar-refractivity contribution >= 4 is 0 Å². The van der Waals surface area contributed by atoms with Gasteiger partial charge >= 0.3 is 0 Å². The zero-order valence-electron chi connectivity index (χ0n) is 14.5. The highest BCUT2D eigenvalue weighted by Gasteiger charge is 2.10. The van der Waals surface area contributed by atoms with Crippen molar-refractivity contribution in [3.05, 3.63) is 23.3 Å². The molecular formula is C18H31NO2. The first kappa shape index (κ1) is 17.8. The van der Waals surface area contributed by atoms with E-state index in [1.54, 1.807) is 14.2 Å². The molecule has 3 heteroatoms. The average Bonchev–Trinajstić information content (AvgIpc) is 2.45. The number of ether oxygens (including phenoxy) is 2. The molecule has 0 saturated carbocycles. The Kier molecular flexibility index (Phi) is 7.58. The second kappa shape index (κ2) is 8.93. The molecule has 0 amide bonds. The number of aryl methyl sites for hydroxylation is 2. The van der Waals surface area contributed by atoms with Crippen LogP contribution in [0.25, 0.3) is 0 Å². The molecule has 1 aromatic carbocycles. The van der Waals surface area contributed by atoms with Crippen LogP contribution in [-0.2, 0) is 6.42 Å². The zero-order valence-corrected chi connectivity index (χ0v) is 14.5. The lowest BCUT2D eigenvalue weighted by molar-refractivity contribution is 0.354. The van der Waals surface area contributed by atoms with Crippen LogP contribution in [0, 0.1) is 12.8 Å². The summed E-state index contributed by atoms with van der Waals surface area (Å²) in [7, 11) is 3.37. The van der Waals surface area contributed by atoms with Gasteiger partial charge in [0.15, 0.2) is 11.5 Å². The van der Waals surface area contributed by atoms with Crippen molar-refractivity contribution in [3.63, 3.8) is 0 Å². The fraction of sp³-hybridized carbons (Fsp3) is 0.667. The van der Waals surface area contributed by atoms with Crippen LogP contribution in [0.3, 0.4) is 0 Å². The van der Waals surface area contributed by atoms with Crippen LogP contribution < -0.4 is 14.8 Å². The van der Waals surface area contributed by atoms with Gasteiger partial charge in [-0.25, -0.2) is 0 Å². The van der Waals surface area contributed by atoms with Crippen LogP contribution in [0.15, 0.2) is 12.1 Å². The first-order chi connectivity index (χ1) is 9.97. The minimum atomic E-state index is 0.574. The third-order valence-electron chi connectivity index (χ3n) is 3.94. The summed E-state index contributed by atoms with van der Waals surface area (Å²) in [6, 6.07) is 4.76. The first-order valence-electron chi connectivity index (χ1n) is 7.92. The molecule has 0 fully saturated rings. The monoisotopic (exact) mass is 293 g/mol. The van der Waals surface area contributed by atoms with Gasteiger partial charge < -0.3 is 14.8 Å². The van der Waals surface area contributed by atoms with E-state index in [1.807, 2.05) is 0 Å². The second-order valence-electron chi connectivity index (χ2n) is 6.18. The van der Waals surface area contributed by atoms with Crippen LogP contribution in [-0.4, -0.2) is 26.8 Å². The van der Waals surface area contributed by atoms with E-state index >= 15 is 0 Å². The topological polar surface area (TPSA) is 30.5 Å². The summed E-state index contributed by atoms with van der Waals surface area (Å²) in [6.45, 7) is 9.96. The van der Waals surface area contributed by atoms with Gasteiger partial charge in [-0.3, -0.25) is 0 Å². The van der Waals surface area contributed by atoms with E-state index in [0.29, 0.717) is 6.04 Å². The minimum Gasteiger partial charge on any atom is -0.493 e. The van der Waals surface area contributed by atoms with Crippen LogP contribution in [0.4, 0.5) is 0 Å². The number of benzene rings is 1. The van der Waals surface area contributed by atoms with E-state index in [9.17, 15) is 0 Å². The lowest BCUT2D eigenvalue weighted by Crippen LogP contribution is -2.25. The molecule has 0 aliphatic carbocycles. The number of hydrogen-bond donors (Lipinski definition) is 1. The van der Waals surface area contributed by atoms with E-state index in [0.717, 1.165) is 30.4 Å². The molecule has 1 aromatic rings. The van der Waals surface area contributed by atoms with E-state index in [2.05, 4.69) is 45.1 Å². The summed E-state index contributed by atoms with van der Waals surface area (Å²) < 4.78 is 10.7. The number of methoxy groups -OCH3 is 2. The van der Waals surface area contributed by atoms with Gasteiger partial charge in [0.2, 0.25) is 0 Å². The molecule has 1 unspecified atom stereocenters. The van der Waals surface area contributed by atoms with Gasteiger partial charge in [-0.2, -0.15) is 0 Å². The molecule has 0 aromatic heterocycles. The molecule has 0 heterocycles. The Hall–Kier alpha value is -1.22. The molecule has 21 heavy (non-hydrogen) atoms. The zero-order chi connectivity index (χ0) is 15.8. The highest BCUT2D eigenvalue weighted by Crippen LogP contribution is 2.31. The molecule has 0 bridgehead atoms. The SMILES string of the molecule is COc1cc(C)c(CCC(C)CCNC(C)C)cc1OC. The predicted molar refractivity (Wildman–Crippen MR) is 89.5 cm³/mol. The minimum absolute atomic E-state index is 0.574. The molecule has 3 nitrogen and oxygen atoms in total. The van der Waals surface area contributed by atoms with Gasteiger partial charge in [0.05, 0.1) is 14.2 Å². The number of nitrogens with one attached hydrogen (secondary N) is 1. The van der Waals surface area contributed by atoms with Crippen molar-refractivity contribution in [3.8, 4) is 11.5 Å². The summed E-state index contributed by atoms with van der Waals surface area (Å²) in [6.07, 6.45) is 3.52. The van der Waals surface area contributed by atoms with Crippen LogP contribution in [0.5, 0.6) is 11.5 Å². The maximum absolute atomic E-state index is 5.39. The molecule has 1 atom stereocenters. The molecule has 120 valence electrons. The standard InChI is InChI=1S/C18H31NO2/c1-13(2)19-10-9-14(3)7-8-16-12-18(21-6)17(20-5)11-15(16)4/h11-14,19H,7-10H2,1-6H3. The Labute approximate surface area is 130 Å². The molecule has 1 rings (SSSR count). The van der Waals surface area contributed by atoms with E-state index < -0.39 is 0 Å². The highest BCUT2D eigenvalue weighted by atomic mass is 16.5. The van der Waals surface area contributed by atoms with Crippen LogP contribution in [0.2, 0.25) is 0 Å². The third-order valence-corrected chi connectivity index (χ3v) is 3.94. The molecule has 0 aliphatic rings. The first-order valence-corrected chi connectivity index (χ1v) is 7.92. The van der Waals surface area contributed by atoms with Gasteiger partial charge in [0.25, 0.3) is 0 Å². The number of hydrogen-bond acceptors (Lipinski definition) is 3. The summed E-state index contributed by atoms with van der Waals surface area (Å²) in [5.41, 5.74) is 2.64. The highest BCUT2D eigenvalue weighted by molar-refractivity contribution is 5.47. The van der Waals surface area contributed by atoms with E-state index in [-0.39, 0.29) is 0 Å². The maximum Gasteiger partial charge on any atom is 0.161 e.